The average Bonchev–Trinajstić information content (AvgIpc) is 3.85. The van der Waals surface area contributed by atoms with Crippen molar-refractivity contribution in [2.75, 3.05) is 54.8 Å². The van der Waals surface area contributed by atoms with E-state index in [1.54, 1.807) is 11.7 Å². The first kappa shape index (κ1) is 44.9. The van der Waals surface area contributed by atoms with Crippen LogP contribution in [0.1, 0.15) is 88.3 Å². The Hall–Kier alpha value is -5.68. The predicted molar refractivity (Wildman–Crippen MR) is 241 cm³/mol. The molecule has 3 aliphatic rings. The molecule has 3 amide bonds. The zero-order valence-corrected chi connectivity index (χ0v) is 37.1. The standard InChI is InChI=1S/C45H52F3N11O4S/c1-5-17-58(44(62)51-26-60)42-31-20-34(47)30(21-38(31)56(4)53-42)27-7-9-28(10-8-27)57-18-15-45(16-19-57)22-29(24-63-45)59-25-50-36-13-14-37(40(48)39(36)43(59)61)52-41-32(23-49)35(12-11-33(41)46)54-64-55(3)6-2/h11-14,20-21,25-29,52,54H,5-10,15-19,22,24H2,1-4H3,(H,51,60,62). The third kappa shape index (κ3) is 8.63. The summed E-state index contributed by atoms with van der Waals surface area (Å²) in [6, 6.07) is 10.2. The monoisotopic (exact) mass is 899 g/mol. The van der Waals surface area contributed by atoms with Crippen LogP contribution in [0.3, 0.4) is 0 Å². The van der Waals surface area contributed by atoms with E-state index >= 15 is 13.2 Å². The highest BCUT2D eigenvalue weighted by molar-refractivity contribution is 7.98. The largest absolute Gasteiger partial charge is 0.373 e. The van der Waals surface area contributed by atoms with Gasteiger partial charge in [-0.15, -0.1) is 0 Å². The summed E-state index contributed by atoms with van der Waals surface area (Å²) >= 11 is 1.23. The highest BCUT2D eigenvalue weighted by atomic mass is 32.2. The zero-order chi connectivity index (χ0) is 45.3. The highest BCUT2D eigenvalue weighted by Gasteiger charge is 2.45. The summed E-state index contributed by atoms with van der Waals surface area (Å²) in [6.07, 6.45) is 7.95. The number of anilines is 4. The van der Waals surface area contributed by atoms with Gasteiger partial charge in [-0.05, 0) is 106 Å². The molecule has 1 aliphatic carbocycles. The molecule has 3 fully saturated rings. The molecule has 8 rings (SSSR count). The number of hydrogen-bond acceptors (Lipinski definition) is 12. The first-order chi connectivity index (χ1) is 30.9. The van der Waals surface area contributed by atoms with E-state index in [0.29, 0.717) is 66.4 Å². The van der Waals surface area contributed by atoms with Crippen LogP contribution in [0.15, 0.2) is 47.5 Å². The van der Waals surface area contributed by atoms with Gasteiger partial charge in [0.05, 0.1) is 52.7 Å². The third-order valence-electron chi connectivity index (χ3n) is 13.2. The number of aryl methyl sites for hydroxylation is 1. The van der Waals surface area contributed by atoms with Crippen LogP contribution in [-0.4, -0.2) is 92.5 Å². The quantitative estimate of drug-likeness (QED) is 0.0776. The molecule has 5 aromatic rings. The van der Waals surface area contributed by atoms with E-state index in [0.717, 1.165) is 51.6 Å². The fourth-order valence-corrected chi connectivity index (χ4v) is 10.2. The second-order valence-electron chi connectivity index (χ2n) is 16.9. The number of rotatable bonds is 13. The van der Waals surface area contributed by atoms with E-state index < -0.39 is 28.8 Å². The molecule has 338 valence electrons. The van der Waals surface area contributed by atoms with Crippen LogP contribution in [0.2, 0.25) is 0 Å². The molecule has 2 aromatic heterocycles. The number of fused-ring (bicyclic) bond motifs is 2. The Morgan fingerprint density at radius 2 is 1.81 bits per heavy atom. The number of nitrogens with one attached hydrogen (secondary N) is 3. The Morgan fingerprint density at radius 1 is 1.06 bits per heavy atom. The van der Waals surface area contributed by atoms with E-state index in [9.17, 15) is 19.6 Å². The molecule has 1 saturated carbocycles. The number of imide groups is 1. The Labute approximate surface area is 373 Å². The van der Waals surface area contributed by atoms with Gasteiger partial charge in [-0.1, -0.05) is 13.8 Å². The van der Waals surface area contributed by atoms with Crippen LogP contribution in [0, 0.1) is 28.8 Å². The van der Waals surface area contributed by atoms with Crippen molar-refractivity contribution in [2.45, 2.75) is 88.8 Å². The Kier molecular flexibility index (Phi) is 13.2. The van der Waals surface area contributed by atoms with E-state index in [1.165, 1.54) is 58.3 Å². The Morgan fingerprint density at radius 3 is 2.52 bits per heavy atom. The number of carbonyl (C=O) groups is 2. The number of ether oxygens (including phenoxy) is 1. The number of benzene rings is 3. The summed E-state index contributed by atoms with van der Waals surface area (Å²) in [4.78, 5) is 46.0. The topological polar surface area (TPSA) is 166 Å². The number of nitrogens with zero attached hydrogens (tertiary/aromatic N) is 8. The van der Waals surface area contributed by atoms with Gasteiger partial charge in [0.25, 0.3) is 5.56 Å². The van der Waals surface area contributed by atoms with E-state index in [-0.39, 0.29) is 52.2 Å². The van der Waals surface area contributed by atoms with E-state index in [2.05, 4.69) is 30.3 Å². The minimum Gasteiger partial charge on any atom is -0.373 e. The fourth-order valence-electron chi connectivity index (χ4n) is 9.60. The van der Waals surface area contributed by atoms with Gasteiger partial charge in [0.15, 0.2) is 11.6 Å². The van der Waals surface area contributed by atoms with Gasteiger partial charge in [0.2, 0.25) is 6.41 Å². The second kappa shape index (κ2) is 18.8. The summed E-state index contributed by atoms with van der Waals surface area (Å²) in [5, 5.41) is 19.7. The lowest BCUT2D eigenvalue weighted by Gasteiger charge is -2.44. The van der Waals surface area contributed by atoms with Crippen LogP contribution in [0.5, 0.6) is 0 Å². The first-order valence-corrected chi connectivity index (χ1v) is 22.5. The molecule has 2 aliphatic heterocycles. The molecular weight excluding hydrogens is 848 g/mol. The molecular formula is C45H52F3N11O4S. The van der Waals surface area contributed by atoms with Crippen molar-refractivity contribution in [3.05, 3.63) is 81.7 Å². The molecule has 19 heteroatoms. The number of amides is 3. The van der Waals surface area contributed by atoms with Crippen LogP contribution in [0.25, 0.3) is 21.8 Å². The van der Waals surface area contributed by atoms with Crippen molar-refractivity contribution >= 4 is 69.3 Å². The fraction of sp³-hybridized carbons (Fsp3) is 0.467. The van der Waals surface area contributed by atoms with Crippen molar-refractivity contribution < 1.29 is 27.5 Å². The van der Waals surface area contributed by atoms with Gasteiger partial charge in [-0.3, -0.25) is 29.1 Å². The number of piperidine rings is 1. The van der Waals surface area contributed by atoms with Crippen molar-refractivity contribution in [1.29, 1.82) is 5.26 Å². The maximum atomic E-state index is 16.3. The number of aromatic nitrogens is 4. The minimum absolute atomic E-state index is 0.0337. The van der Waals surface area contributed by atoms with Gasteiger partial charge >= 0.3 is 6.03 Å². The number of halogens is 3. The number of urea groups is 1. The lowest BCUT2D eigenvalue weighted by Crippen LogP contribution is -2.49. The molecule has 15 nitrogen and oxygen atoms in total. The lowest BCUT2D eigenvalue weighted by molar-refractivity contribution is -0.108. The molecule has 0 bridgehead atoms. The molecule has 1 spiro atoms. The van der Waals surface area contributed by atoms with Crippen molar-refractivity contribution in [1.82, 2.24) is 33.9 Å². The molecule has 3 aromatic carbocycles. The minimum atomic E-state index is -0.895. The van der Waals surface area contributed by atoms with Crippen LogP contribution >= 0.6 is 12.1 Å². The highest BCUT2D eigenvalue weighted by Crippen LogP contribution is 2.44. The molecule has 4 heterocycles. The van der Waals surface area contributed by atoms with Gasteiger partial charge in [0, 0.05) is 56.8 Å². The van der Waals surface area contributed by atoms with Crippen molar-refractivity contribution in [3.63, 3.8) is 0 Å². The van der Waals surface area contributed by atoms with Crippen LogP contribution in [-0.2, 0) is 16.6 Å². The summed E-state index contributed by atoms with van der Waals surface area (Å²) < 4.78 is 61.8. The zero-order valence-electron chi connectivity index (χ0n) is 36.3. The molecule has 2 saturated heterocycles. The third-order valence-corrected chi connectivity index (χ3v) is 14.1. The molecule has 1 unspecified atom stereocenters. The summed E-state index contributed by atoms with van der Waals surface area (Å²) in [7, 11) is 3.62. The molecule has 64 heavy (non-hydrogen) atoms. The van der Waals surface area contributed by atoms with Gasteiger partial charge < -0.3 is 19.7 Å². The average molecular weight is 900 g/mol. The molecule has 3 N–H and O–H groups in total. The van der Waals surface area contributed by atoms with E-state index in [1.807, 2.05) is 37.3 Å². The first-order valence-electron chi connectivity index (χ1n) is 21.8. The number of hydrogen-bond donors (Lipinski definition) is 3. The van der Waals surface area contributed by atoms with Crippen molar-refractivity contribution in [2.24, 2.45) is 7.05 Å². The predicted octanol–water partition coefficient (Wildman–Crippen LogP) is 7.85. The van der Waals surface area contributed by atoms with Gasteiger partial charge in [-0.2, -0.15) is 10.4 Å². The number of nitriles is 1. The van der Waals surface area contributed by atoms with Crippen molar-refractivity contribution in [3.8, 4) is 6.07 Å². The maximum Gasteiger partial charge on any atom is 0.329 e. The van der Waals surface area contributed by atoms with Crippen LogP contribution < -0.4 is 25.8 Å². The molecule has 1 atom stereocenters. The number of likely N-dealkylation sites (tertiary alicyclic amines) is 1. The van der Waals surface area contributed by atoms with Gasteiger partial charge in [-0.25, -0.2) is 27.3 Å². The van der Waals surface area contributed by atoms with Crippen LogP contribution in [0.4, 0.5) is 40.8 Å². The summed E-state index contributed by atoms with van der Waals surface area (Å²) in [5.41, 5.74) is 0.429. The Balaban J connectivity index is 0.909. The smallest absolute Gasteiger partial charge is 0.329 e. The Bertz CT molecular complexity index is 2670. The number of carbonyl (C=O) groups excluding carboxylic acids is 2. The SMILES string of the molecule is CCCN(C(=O)NC=O)c1nn(C)c2cc(C3CCC(N4CCC5(CC4)CC(n4cnc6ccc(Nc7c(F)ccc(NSN(C)CC)c7C#N)c(F)c6c4=O)CO5)CC3)c(F)cc12. The normalized spacial score (nSPS) is 19.9. The summed E-state index contributed by atoms with van der Waals surface area (Å²) in [5.74, 6) is -1.64. The maximum absolute atomic E-state index is 16.3. The van der Waals surface area contributed by atoms with E-state index in [4.69, 9.17) is 4.74 Å². The van der Waals surface area contributed by atoms with Gasteiger partial charge in [0.1, 0.15) is 28.7 Å². The summed E-state index contributed by atoms with van der Waals surface area (Å²) in [6.45, 7) is 6.79. The lowest BCUT2D eigenvalue weighted by atomic mass is 9.79. The molecule has 0 radical (unpaired) electrons. The second-order valence-corrected chi connectivity index (χ2v) is 18.0.